The Balaban J connectivity index is 1.58. The molecule has 12 atom stereocenters. The molecule has 0 aliphatic carbocycles. The smallest absolute Gasteiger partial charge is 0.220 e. The van der Waals surface area contributed by atoms with Crippen molar-refractivity contribution in [3.05, 3.63) is 109 Å². The number of allylic oxidation sites excluding steroid dienone is 17. The Labute approximate surface area is 502 Å². The molecule has 0 bridgehead atoms. The van der Waals surface area contributed by atoms with Gasteiger partial charge in [-0.3, -0.25) is 4.79 Å². The van der Waals surface area contributed by atoms with E-state index < -0.39 is 86.8 Å². The van der Waals surface area contributed by atoms with Crippen molar-refractivity contribution in [2.45, 2.75) is 299 Å². The monoisotopic (exact) mass is 1170 g/mol. The van der Waals surface area contributed by atoms with Crippen molar-refractivity contribution in [1.82, 2.24) is 5.32 Å². The molecule has 83 heavy (non-hydrogen) atoms. The molecule has 14 nitrogen and oxygen atoms in total. The Bertz CT molecular complexity index is 1810. The van der Waals surface area contributed by atoms with Gasteiger partial charge in [0.15, 0.2) is 12.6 Å². The molecular weight excluding hydrogens is 1050 g/mol. The zero-order chi connectivity index (χ0) is 60.2. The summed E-state index contributed by atoms with van der Waals surface area (Å²) in [5, 5.41) is 87.0. The van der Waals surface area contributed by atoms with Crippen LogP contribution >= 0.6 is 0 Å². The number of aliphatic hydroxyl groups excluding tert-OH is 8. The SMILES string of the molecule is CC/C=C\C/C=C\C/C=C\C/C=C\C/C=C\C/C=C\C/C=C\C/C=C\CCCCCCCCCCCCCCCCC(=O)NC(COC1OC(CO)C(OC2OC(CO)C(O)C(O)C2O)C(O)C1O)C(O)/C=C/CCCCCCCCCC. The van der Waals surface area contributed by atoms with Crippen molar-refractivity contribution in [3.63, 3.8) is 0 Å². The highest BCUT2D eigenvalue weighted by molar-refractivity contribution is 5.76. The van der Waals surface area contributed by atoms with Gasteiger partial charge in [-0.05, 0) is 83.5 Å². The van der Waals surface area contributed by atoms with Crippen LogP contribution in [0.5, 0.6) is 0 Å². The first-order valence-corrected chi connectivity index (χ1v) is 32.6. The number of ether oxygens (including phenoxy) is 4. The number of unbranched alkanes of at least 4 members (excludes halogenated alkanes) is 22. The second-order valence-electron chi connectivity index (χ2n) is 22.5. The van der Waals surface area contributed by atoms with Gasteiger partial charge >= 0.3 is 0 Å². The Morgan fingerprint density at radius 1 is 0.446 bits per heavy atom. The highest BCUT2D eigenvalue weighted by Crippen LogP contribution is 2.30. The Hall–Kier alpha value is -3.35. The highest BCUT2D eigenvalue weighted by Gasteiger charge is 2.51. The van der Waals surface area contributed by atoms with Crippen molar-refractivity contribution >= 4 is 5.91 Å². The topological polar surface area (TPSA) is 228 Å². The molecule has 14 heteroatoms. The fraction of sp³-hybridized carbons (Fsp3) is 0.725. The molecule has 0 saturated carbocycles. The van der Waals surface area contributed by atoms with E-state index in [-0.39, 0.29) is 18.9 Å². The maximum atomic E-state index is 13.2. The Kier molecular flexibility index (Phi) is 48.3. The standard InChI is InChI=1S/C69H117NO13/c1-3-5-7-9-11-13-15-16-17-18-19-20-21-22-23-24-25-26-27-28-29-30-31-32-33-34-35-36-37-38-39-40-41-42-43-45-47-49-51-53-61(74)70-57(58(73)52-50-48-46-44-14-12-10-8-6-4-2)56-80-68-66(79)64(77)67(60(55-72)82-68)83-69-65(78)63(76)62(75)59(54-71)81-69/h5,7,11,13,16-17,19-20,22-23,25-26,28-29,31-32,50,52,57-60,62-69,71-73,75-79H,3-4,6,8-10,12,14-15,18,21,24,27,30,33-49,51,53-56H2,1-2H3,(H,70,74)/b7-5-,13-11-,17-16-,20-19-,23-22-,26-25-,29-28-,32-31-,52-50+. The molecular formula is C69H117NO13. The summed E-state index contributed by atoms with van der Waals surface area (Å²) >= 11 is 0. The number of aliphatic hydroxyl groups is 8. The summed E-state index contributed by atoms with van der Waals surface area (Å²) in [6.07, 6.45) is 58.8. The third kappa shape index (κ3) is 37.7. The van der Waals surface area contributed by atoms with Crippen LogP contribution in [0.3, 0.4) is 0 Å². The number of rotatable bonds is 51. The number of carbonyl (C=O) groups is 1. The summed E-state index contributed by atoms with van der Waals surface area (Å²) in [5.41, 5.74) is 0. The molecule has 9 N–H and O–H groups in total. The average molecular weight is 1170 g/mol. The van der Waals surface area contributed by atoms with Gasteiger partial charge in [0.2, 0.25) is 5.91 Å². The number of hydrogen-bond acceptors (Lipinski definition) is 13. The summed E-state index contributed by atoms with van der Waals surface area (Å²) in [4.78, 5) is 13.2. The molecule has 2 aliphatic heterocycles. The average Bonchev–Trinajstić information content (AvgIpc) is 3.47. The van der Waals surface area contributed by atoms with Crippen molar-refractivity contribution in [2.75, 3.05) is 19.8 Å². The molecule has 1 amide bonds. The molecule has 2 saturated heterocycles. The van der Waals surface area contributed by atoms with Gasteiger partial charge in [-0.15, -0.1) is 0 Å². The quantitative estimate of drug-likeness (QED) is 0.0204. The minimum absolute atomic E-state index is 0.246. The normalized spacial score (nSPS) is 24.6. The van der Waals surface area contributed by atoms with Gasteiger partial charge in [0.25, 0.3) is 0 Å². The second-order valence-corrected chi connectivity index (χ2v) is 22.5. The van der Waals surface area contributed by atoms with Gasteiger partial charge in [-0.25, -0.2) is 0 Å². The molecule has 476 valence electrons. The predicted octanol–water partition coefficient (Wildman–Crippen LogP) is 12.4. The van der Waals surface area contributed by atoms with Crippen LogP contribution in [0, 0.1) is 0 Å². The molecule has 12 unspecified atom stereocenters. The van der Waals surface area contributed by atoms with Crippen LogP contribution in [0.4, 0.5) is 0 Å². The van der Waals surface area contributed by atoms with Crippen molar-refractivity contribution in [2.24, 2.45) is 0 Å². The van der Waals surface area contributed by atoms with Crippen LogP contribution < -0.4 is 5.32 Å². The van der Waals surface area contributed by atoms with Gasteiger partial charge in [-0.1, -0.05) is 245 Å². The summed E-state index contributed by atoms with van der Waals surface area (Å²) in [7, 11) is 0. The van der Waals surface area contributed by atoms with Gasteiger partial charge < -0.3 is 65.1 Å². The van der Waals surface area contributed by atoms with Crippen molar-refractivity contribution < 1.29 is 64.6 Å². The molecule has 0 aromatic heterocycles. The summed E-state index contributed by atoms with van der Waals surface area (Å²) in [6.45, 7) is 2.64. The third-order valence-electron chi connectivity index (χ3n) is 15.2. The number of nitrogens with one attached hydrogen (secondary N) is 1. The first kappa shape index (κ1) is 75.7. The van der Waals surface area contributed by atoms with Gasteiger partial charge in [0.05, 0.1) is 32.0 Å². The maximum Gasteiger partial charge on any atom is 0.220 e. The number of hydrogen-bond donors (Lipinski definition) is 9. The molecule has 0 aromatic carbocycles. The van der Waals surface area contributed by atoms with Gasteiger partial charge in [0.1, 0.15) is 48.8 Å². The van der Waals surface area contributed by atoms with E-state index in [0.29, 0.717) is 6.42 Å². The fourth-order valence-electron chi connectivity index (χ4n) is 10.0. The summed E-state index contributed by atoms with van der Waals surface area (Å²) < 4.78 is 22.7. The molecule has 0 radical (unpaired) electrons. The van der Waals surface area contributed by atoms with Crippen LogP contribution in [0.2, 0.25) is 0 Å². The lowest BCUT2D eigenvalue weighted by Gasteiger charge is -2.46. The van der Waals surface area contributed by atoms with Crippen LogP contribution in [0.1, 0.15) is 226 Å². The number of carbonyl (C=O) groups excluding carboxylic acids is 1. The van der Waals surface area contributed by atoms with Crippen molar-refractivity contribution in [3.8, 4) is 0 Å². The van der Waals surface area contributed by atoms with Crippen LogP contribution in [-0.4, -0.2) is 140 Å². The molecule has 2 rings (SSSR count). The summed E-state index contributed by atoms with van der Waals surface area (Å²) in [5.74, 6) is -0.246. The molecule has 0 spiro atoms. The van der Waals surface area contributed by atoms with E-state index in [1.165, 1.54) is 109 Å². The van der Waals surface area contributed by atoms with E-state index in [4.69, 9.17) is 18.9 Å². The fourth-order valence-corrected chi connectivity index (χ4v) is 10.0. The lowest BCUT2D eigenvalue weighted by Crippen LogP contribution is -2.65. The largest absolute Gasteiger partial charge is 0.394 e. The lowest BCUT2D eigenvalue weighted by molar-refractivity contribution is -0.359. The first-order chi connectivity index (χ1) is 40.6. The van der Waals surface area contributed by atoms with Crippen LogP contribution in [0.25, 0.3) is 0 Å². The second kappa shape index (κ2) is 52.9. The first-order valence-electron chi connectivity index (χ1n) is 32.6. The van der Waals surface area contributed by atoms with Crippen LogP contribution in [-0.2, 0) is 23.7 Å². The van der Waals surface area contributed by atoms with Gasteiger partial charge in [-0.2, -0.15) is 0 Å². The van der Waals surface area contributed by atoms with E-state index in [9.17, 15) is 45.6 Å². The van der Waals surface area contributed by atoms with Crippen LogP contribution in [0.15, 0.2) is 109 Å². The van der Waals surface area contributed by atoms with Crippen molar-refractivity contribution in [1.29, 1.82) is 0 Å². The zero-order valence-electron chi connectivity index (χ0n) is 51.4. The molecule has 0 aromatic rings. The molecule has 2 aliphatic rings. The highest BCUT2D eigenvalue weighted by atomic mass is 16.7. The number of amides is 1. The van der Waals surface area contributed by atoms with E-state index >= 15 is 0 Å². The minimum atomic E-state index is -1.79. The van der Waals surface area contributed by atoms with E-state index in [0.717, 1.165) is 89.9 Å². The summed E-state index contributed by atoms with van der Waals surface area (Å²) in [6, 6.07) is -0.918. The third-order valence-corrected chi connectivity index (χ3v) is 15.2. The lowest BCUT2D eigenvalue weighted by atomic mass is 9.97. The molecule has 2 fully saturated rings. The predicted molar refractivity (Wildman–Crippen MR) is 336 cm³/mol. The zero-order valence-corrected chi connectivity index (χ0v) is 51.4. The minimum Gasteiger partial charge on any atom is -0.394 e. The van der Waals surface area contributed by atoms with E-state index in [2.05, 4.69) is 116 Å². The van der Waals surface area contributed by atoms with E-state index in [1.54, 1.807) is 6.08 Å². The molecule has 2 heterocycles. The Morgan fingerprint density at radius 3 is 1.28 bits per heavy atom. The van der Waals surface area contributed by atoms with E-state index in [1.807, 2.05) is 6.08 Å². The Morgan fingerprint density at radius 2 is 0.831 bits per heavy atom. The maximum absolute atomic E-state index is 13.2. The van der Waals surface area contributed by atoms with Gasteiger partial charge in [0, 0.05) is 6.42 Å².